The fourth-order valence-electron chi connectivity index (χ4n) is 1.41. The number of unbranched alkanes of at least 4 members (excludes halogenated alkanes) is 7. The van der Waals surface area contributed by atoms with Crippen LogP contribution in [0.3, 0.4) is 0 Å². The number of hydrogen-bond acceptors (Lipinski definition) is 0. The predicted molar refractivity (Wildman–Crippen MR) is 68.7 cm³/mol. The quantitative estimate of drug-likeness (QED) is 0.286. The second-order valence-electron chi connectivity index (χ2n) is 3.87. The lowest BCUT2D eigenvalue weighted by atomic mass is 10.1. The summed E-state index contributed by atoms with van der Waals surface area (Å²) in [6, 6.07) is 0. The van der Waals surface area contributed by atoms with Crippen molar-refractivity contribution < 1.29 is 0 Å². The highest BCUT2D eigenvalue weighted by Crippen LogP contribution is 2.04. The largest absolute Gasteiger partial charge is 0.130 e. The summed E-state index contributed by atoms with van der Waals surface area (Å²) in [5.41, 5.74) is 3.22. The van der Waals surface area contributed by atoms with Gasteiger partial charge in [0.25, 0.3) is 0 Å². The van der Waals surface area contributed by atoms with Gasteiger partial charge in [0.2, 0.25) is 0 Å². The van der Waals surface area contributed by atoms with E-state index >= 15 is 0 Å². The third kappa shape index (κ3) is 13.1. The Bertz CT molecular complexity index is 211. The molecule has 0 aliphatic carbocycles. The van der Waals surface area contributed by atoms with Crippen LogP contribution in [0.25, 0.3) is 0 Å². The van der Waals surface area contributed by atoms with E-state index in [4.69, 9.17) is 6.42 Å². The molecule has 0 heteroatoms. The second kappa shape index (κ2) is 13.1. The van der Waals surface area contributed by atoms with Crippen LogP contribution in [0.15, 0.2) is 17.9 Å². The molecule has 0 aliphatic rings. The first-order chi connectivity index (χ1) is 7.41. The molecule has 0 aliphatic heterocycles. The summed E-state index contributed by atoms with van der Waals surface area (Å²) in [5, 5.41) is 0. The van der Waals surface area contributed by atoms with Crippen LogP contribution in [0.1, 0.15) is 64.7 Å². The molecule has 0 radical (unpaired) electrons. The van der Waals surface area contributed by atoms with Gasteiger partial charge in [-0.3, -0.25) is 0 Å². The molecule has 15 heavy (non-hydrogen) atoms. The van der Waals surface area contributed by atoms with Gasteiger partial charge in [-0.05, 0) is 37.8 Å². The zero-order chi connectivity index (χ0) is 11.2. The van der Waals surface area contributed by atoms with E-state index in [9.17, 15) is 0 Å². The molecule has 0 aromatic carbocycles. The molecule has 0 unspecified atom stereocenters. The van der Waals surface area contributed by atoms with Crippen molar-refractivity contribution in [2.24, 2.45) is 0 Å². The number of rotatable bonds is 9. The highest BCUT2D eigenvalue weighted by atomic mass is 13.9. The molecule has 0 heterocycles. The van der Waals surface area contributed by atoms with Gasteiger partial charge in [0.15, 0.2) is 0 Å². The molecule has 0 rings (SSSR count). The van der Waals surface area contributed by atoms with Crippen LogP contribution >= 0.6 is 0 Å². The zero-order valence-corrected chi connectivity index (χ0v) is 10.1. The van der Waals surface area contributed by atoms with Crippen molar-refractivity contribution in [3.05, 3.63) is 17.9 Å². The number of allylic oxidation sites excluding steroid dienone is 1. The number of hydrogen-bond donors (Lipinski definition) is 0. The lowest BCUT2D eigenvalue weighted by Crippen LogP contribution is -1.75. The van der Waals surface area contributed by atoms with Crippen molar-refractivity contribution in [1.29, 1.82) is 0 Å². The van der Waals surface area contributed by atoms with E-state index in [0.717, 1.165) is 19.3 Å². The summed E-state index contributed by atoms with van der Waals surface area (Å²) >= 11 is 0. The SMILES string of the molecule is C#CCCCC=C=CCCCCCCC. The van der Waals surface area contributed by atoms with Crippen molar-refractivity contribution in [1.82, 2.24) is 0 Å². The molecule has 0 atom stereocenters. The Morgan fingerprint density at radius 1 is 0.933 bits per heavy atom. The normalized spacial score (nSPS) is 9.07. The van der Waals surface area contributed by atoms with E-state index in [1.54, 1.807) is 0 Å². The van der Waals surface area contributed by atoms with E-state index in [2.05, 4.69) is 30.7 Å². The molecule has 0 spiro atoms. The molecule has 0 aromatic heterocycles. The van der Waals surface area contributed by atoms with Gasteiger partial charge in [-0.1, -0.05) is 32.6 Å². The molecule has 0 aromatic rings. The topological polar surface area (TPSA) is 0 Å². The van der Waals surface area contributed by atoms with E-state index in [0.29, 0.717) is 0 Å². The average molecular weight is 204 g/mol. The van der Waals surface area contributed by atoms with Crippen molar-refractivity contribution in [2.75, 3.05) is 0 Å². The standard InChI is InChI=1S/C15H24/c1-3-5-7-9-11-13-15-14-12-10-8-6-4-2/h1,11,15H,4-10,12,14H2,2H3. The van der Waals surface area contributed by atoms with Crippen molar-refractivity contribution in [3.63, 3.8) is 0 Å². The van der Waals surface area contributed by atoms with Crippen molar-refractivity contribution >= 4 is 0 Å². The summed E-state index contributed by atoms with van der Waals surface area (Å²) in [6.45, 7) is 2.25. The lowest BCUT2D eigenvalue weighted by molar-refractivity contribution is 0.637. The fourth-order valence-corrected chi connectivity index (χ4v) is 1.41. The second-order valence-corrected chi connectivity index (χ2v) is 3.87. The Kier molecular flexibility index (Phi) is 12.3. The third-order valence-electron chi connectivity index (χ3n) is 2.36. The molecule has 84 valence electrons. The smallest absolute Gasteiger partial charge is 0.00892 e. The van der Waals surface area contributed by atoms with Gasteiger partial charge in [-0.15, -0.1) is 18.1 Å². The first-order valence-electron chi connectivity index (χ1n) is 6.24. The molecule has 0 bridgehead atoms. The minimum Gasteiger partial charge on any atom is -0.130 e. The molecular formula is C15H24. The van der Waals surface area contributed by atoms with E-state index in [1.165, 1.54) is 38.5 Å². The Morgan fingerprint density at radius 2 is 1.60 bits per heavy atom. The third-order valence-corrected chi connectivity index (χ3v) is 2.36. The Labute approximate surface area is 95.5 Å². The van der Waals surface area contributed by atoms with Gasteiger partial charge in [0.1, 0.15) is 0 Å². The predicted octanol–water partition coefficient (Wildman–Crippen LogP) is 4.86. The summed E-state index contributed by atoms with van der Waals surface area (Å²) in [5.74, 6) is 2.64. The fraction of sp³-hybridized carbons (Fsp3) is 0.667. The summed E-state index contributed by atoms with van der Waals surface area (Å²) in [4.78, 5) is 0. The van der Waals surface area contributed by atoms with E-state index in [-0.39, 0.29) is 0 Å². The first kappa shape index (κ1) is 14.1. The molecule has 0 nitrogen and oxygen atoms in total. The van der Waals surface area contributed by atoms with Crippen LogP contribution in [0.2, 0.25) is 0 Å². The Balaban J connectivity index is 3.19. The van der Waals surface area contributed by atoms with Crippen LogP contribution in [0, 0.1) is 12.3 Å². The van der Waals surface area contributed by atoms with Gasteiger partial charge < -0.3 is 0 Å². The average Bonchev–Trinajstić information content (AvgIpc) is 2.26. The lowest BCUT2D eigenvalue weighted by Gasteiger charge is -1.94. The molecule has 0 saturated heterocycles. The van der Waals surface area contributed by atoms with Gasteiger partial charge in [-0.2, -0.15) is 0 Å². The molecular weight excluding hydrogens is 180 g/mol. The maximum atomic E-state index is 5.16. The first-order valence-corrected chi connectivity index (χ1v) is 6.24. The number of terminal acetylenes is 1. The van der Waals surface area contributed by atoms with E-state index in [1.807, 2.05) is 0 Å². The van der Waals surface area contributed by atoms with Crippen molar-refractivity contribution in [3.8, 4) is 12.3 Å². The summed E-state index contributed by atoms with van der Waals surface area (Å²) < 4.78 is 0. The van der Waals surface area contributed by atoms with E-state index < -0.39 is 0 Å². The zero-order valence-electron chi connectivity index (χ0n) is 10.1. The van der Waals surface area contributed by atoms with Crippen molar-refractivity contribution in [2.45, 2.75) is 64.7 Å². The maximum Gasteiger partial charge on any atom is 0.00892 e. The maximum absolute atomic E-state index is 5.16. The van der Waals surface area contributed by atoms with Crippen LogP contribution in [0.5, 0.6) is 0 Å². The minimum atomic E-state index is 0.884. The Hall–Kier alpha value is -0.920. The summed E-state index contributed by atoms with van der Waals surface area (Å²) in [7, 11) is 0. The molecule has 0 fully saturated rings. The van der Waals surface area contributed by atoms with Crippen LogP contribution in [0.4, 0.5) is 0 Å². The van der Waals surface area contributed by atoms with Crippen LogP contribution in [-0.4, -0.2) is 0 Å². The van der Waals surface area contributed by atoms with Crippen LogP contribution in [-0.2, 0) is 0 Å². The molecule has 0 amide bonds. The van der Waals surface area contributed by atoms with Gasteiger partial charge in [0.05, 0.1) is 0 Å². The Morgan fingerprint density at radius 3 is 2.27 bits per heavy atom. The van der Waals surface area contributed by atoms with Gasteiger partial charge in [-0.25, -0.2) is 0 Å². The highest BCUT2D eigenvalue weighted by Gasteiger charge is 1.85. The molecule has 0 N–H and O–H groups in total. The van der Waals surface area contributed by atoms with Gasteiger partial charge >= 0.3 is 0 Å². The monoisotopic (exact) mass is 204 g/mol. The molecule has 0 saturated carbocycles. The minimum absolute atomic E-state index is 0.884. The highest BCUT2D eigenvalue weighted by molar-refractivity contribution is 4.88. The van der Waals surface area contributed by atoms with Gasteiger partial charge in [0, 0.05) is 6.42 Å². The summed E-state index contributed by atoms with van der Waals surface area (Å²) in [6.07, 6.45) is 20.4. The van der Waals surface area contributed by atoms with Crippen LogP contribution < -0.4 is 0 Å².